The third-order valence-electron chi connectivity index (χ3n) is 4.14. The first-order valence-corrected chi connectivity index (χ1v) is 10.2. The maximum atomic E-state index is 12.7. The van der Waals surface area contributed by atoms with Crippen LogP contribution in [0.4, 0.5) is 5.69 Å². The van der Waals surface area contributed by atoms with Crippen LogP contribution in [0.2, 0.25) is 0 Å². The highest BCUT2D eigenvalue weighted by Gasteiger charge is 2.32. The van der Waals surface area contributed by atoms with Crippen LogP contribution in [-0.4, -0.2) is 51.2 Å². The molecule has 24 heavy (non-hydrogen) atoms. The molecule has 1 aromatic carbocycles. The van der Waals surface area contributed by atoms with Crippen molar-refractivity contribution in [1.29, 1.82) is 0 Å². The molecule has 0 radical (unpaired) electrons. The number of sulfonamides is 1. The minimum Gasteiger partial charge on any atom is -0.494 e. The van der Waals surface area contributed by atoms with Crippen LogP contribution in [0.15, 0.2) is 24.3 Å². The molecule has 0 saturated carbocycles. The Morgan fingerprint density at radius 1 is 1.21 bits per heavy atom. The fourth-order valence-corrected chi connectivity index (χ4v) is 4.21. The molecule has 1 aliphatic heterocycles. The lowest BCUT2D eigenvalue weighted by molar-refractivity contribution is -0.132. The van der Waals surface area contributed by atoms with Crippen LogP contribution in [0.3, 0.4) is 0 Å². The Kier molecular flexibility index (Phi) is 6.10. The molecule has 7 heteroatoms. The molecule has 0 bridgehead atoms. The molecule has 1 aliphatic rings. The Balaban J connectivity index is 2.26. The zero-order chi connectivity index (χ0) is 17.7. The number of hydrogen-bond acceptors (Lipinski definition) is 4. The number of likely N-dealkylation sites (tertiary alicyclic amines) is 1. The van der Waals surface area contributed by atoms with Crippen molar-refractivity contribution in [2.45, 2.75) is 39.2 Å². The van der Waals surface area contributed by atoms with Crippen molar-refractivity contribution in [3.8, 4) is 5.75 Å². The highest BCUT2D eigenvalue weighted by molar-refractivity contribution is 7.92. The van der Waals surface area contributed by atoms with E-state index in [4.69, 9.17) is 4.74 Å². The van der Waals surface area contributed by atoms with Crippen LogP contribution in [0.1, 0.15) is 33.1 Å². The van der Waals surface area contributed by atoms with E-state index in [0.29, 0.717) is 31.1 Å². The lowest BCUT2D eigenvalue weighted by Gasteiger charge is -2.34. The van der Waals surface area contributed by atoms with E-state index >= 15 is 0 Å². The number of rotatable bonds is 6. The van der Waals surface area contributed by atoms with E-state index in [1.54, 1.807) is 36.1 Å². The Bertz CT molecular complexity index is 652. The summed E-state index contributed by atoms with van der Waals surface area (Å²) in [6, 6.07) is 6.01. The summed E-state index contributed by atoms with van der Waals surface area (Å²) in [5, 5.41) is 0. The lowest BCUT2D eigenvalue weighted by Crippen LogP contribution is -2.50. The smallest absolute Gasteiger partial charge is 0.246 e. The van der Waals surface area contributed by atoms with Gasteiger partial charge in [-0.3, -0.25) is 9.10 Å². The number of anilines is 1. The number of piperidine rings is 1. The molecule has 0 spiro atoms. The Morgan fingerprint density at radius 3 is 2.29 bits per heavy atom. The molecule has 0 N–H and O–H groups in total. The summed E-state index contributed by atoms with van der Waals surface area (Å²) in [7, 11) is -3.58. The largest absolute Gasteiger partial charge is 0.494 e. The third kappa shape index (κ3) is 4.41. The molecule has 2 rings (SSSR count). The van der Waals surface area contributed by atoms with Crippen LogP contribution >= 0.6 is 0 Å². The Morgan fingerprint density at radius 2 is 1.79 bits per heavy atom. The molecular weight excluding hydrogens is 328 g/mol. The van der Waals surface area contributed by atoms with Gasteiger partial charge in [0.05, 0.1) is 18.6 Å². The molecule has 1 amide bonds. The van der Waals surface area contributed by atoms with E-state index in [0.717, 1.165) is 25.5 Å². The van der Waals surface area contributed by atoms with Gasteiger partial charge in [-0.15, -0.1) is 0 Å². The van der Waals surface area contributed by atoms with Gasteiger partial charge in [0.15, 0.2) is 0 Å². The van der Waals surface area contributed by atoms with E-state index in [1.807, 2.05) is 6.92 Å². The molecule has 1 saturated heterocycles. The number of nitrogens with zero attached hydrogens (tertiary/aromatic N) is 2. The maximum absolute atomic E-state index is 12.7. The van der Waals surface area contributed by atoms with Crippen molar-refractivity contribution >= 4 is 21.6 Å². The summed E-state index contributed by atoms with van der Waals surface area (Å²) in [4.78, 5) is 14.5. The molecule has 1 atom stereocenters. The summed E-state index contributed by atoms with van der Waals surface area (Å²) >= 11 is 0. The topological polar surface area (TPSA) is 66.9 Å². The fourth-order valence-electron chi connectivity index (χ4n) is 3.04. The van der Waals surface area contributed by atoms with Gasteiger partial charge in [-0.05, 0) is 57.4 Å². The highest BCUT2D eigenvalue weighted by Crippen LogP contribution is 2.25. The van der Waals surface area contributed by atoms with Gasteiger partial charge in [-0.1, -0.05) is 0 Å². The van der Waals surface area contributed by atoms with Crippen molar-refractivity contribution in [3.63, 3.8) is 0 Å². The Hall–Kier alpha value is -1.76. The first kappa shape index (κ1) is 18.6. The van der Waals surface area contributed by atoms with Gasteiger partial charge in [0.2, 0.25) is 15.9 Å². The number of amides is 1. The van der Waals surface area contributed by atoms with E-state index in [1.165, 1.54) is 4.31 Å². The third-order valence-corrected chi connectivity index (χ3v) is 5.38. The number of ether oxygens (including phenoxy) is 1. The zero-order valence-electron chi connectivity index (χ0n) is 14.6. The highest BCUT2D eigenvalue weighted by atomic mass is 32.2. The van der Waals surface area contributed by atoms with Crippen molar-refractivity contribution in [1.82, 2.24) is 4.90 Å². The van der Waals surface area contributed by atoms with Crippen LogP contribution in [0, 0.1) is 0 Å². The van der Waals surface area contributed by atoms with Crippen LogP contribution in [0.25, 0.3) is 0 Å². The van der Waals surface area contributed by atoms with Gasteiger partial charge in [0, 0.05) is 13.1 Å². The summed E-state index contributed by atoms with van der Waals surface area (Å²) in [5.41, 5.74) is 0.471. The molecule has 0 unspecified atom stereocenters. The van der Waals surface area contributed by atoms with Gasteiger partial charge in [-0.25, -0.2) is 8.42 Å². The summed E-state index contributed by atoms with van der Waals surface area (Å²) < 4.78 is 31.2. The Labute approximate surface area is 144 Å². The van der Waals surface area contributed by atoms with Crippen LogP contribution < -0.4 is 9.04 Å². The molecule has 1 aromatic rings. The molecule has 1 fully saturated rings. The van der Waals surface area contributed by atoms with Crippen molar-refractivity contribution in [3.05, 3.63) is 24.3 Å². The minimum atomic E-state index is -3.58. The standard InChI is InChI=1S/C17H26N2O4S/c1-4-23-16-10-8-15(9-11-16)19(24(3,21)22)14(2)17(20)18-12-6-5-7-13-18/h8-11,14H,4-7,12-13H2,1-3H3/t14-/m0/s1. The average molecular weight is 354 g/mol. The van der Waals surface area contributed by atoms with Crippen molar-refractivity contribution in [2.75, 3.05) is 30.3 Å². The van der Waals surface area contributed by atoms with E-state index in [2.05, 4.69) is 0 Å². The molecule has 1 heterocycles. The number of benzene rings is 1. The predicted molar refractivity (Wildman–Crippen MR) is 94.8 cm³/mol. The maximum Gasteiger partial charge on any atom is 0.246 e. The van der Waals surface area contributed by atoms with E-state index in [9.17, 15) is 13.2 Å². The second-order valence-corrected chi connectivity index (χ2v) is 7.91. The van der Waals surface area contributed by atoms with Crippen LogP contribution in [-0.2, 0) is 14.8 Å². The summed E-state index contributed by atoms with van der Waals surface area (Å²) in [5.74, 6) is 0.527. The molecule has 0 aliphatic carbocycles. The first-order valence-electron chi connectivity index (χ1n) is 8.35. The van der Waals surface area contributed by atoms with E-state index in [-0.39, 0.29) is 5.91 Å². The molecule has 134 valence electrons. The second kappa shape index (κ2) is 7.88. The minimum absolute atomic E-state index is 0.144. The van der Waals surface area contributed by atoms with Gasteiger partial charge in [0.1, 0.15) is 11.8 Å². The monoisotopic (exact) mass is 354 g/mol. The predicted octanol–water partition coefficient (Wildman–Crippen LogP) is 2.25. The quantitative estimate of drug-likeness (QED) is 0.786. The normalized spacial score (nSPS) is 16.5. The molecule has 0 aromatic heterocycles. The number of carbonyl (C=O) groups is 1. The second-order valence-electron chi connectivity index (χ2n) is 6.05. The zero-order valence-corrected chi connectivity index (χ0v) is 15.4. The lowest BCUT2D eigenvalue weighted by atomic mass is 10.1. The number of hydrogen-bond donors (Lipinski definition) is 0. The van der Waals surface area contributed by atoms with Crippen LogP contribution in [0.5, 0.6) is 5.75 Å². The summed E-state index contributed by atoms with van der Waals surface area (Å²) in [6.45, 7) is 5.47. The van der Waals surface area contributed by atoms with Gasteiger partial charge < -0.3 is 9.64 Å². The fraction of sp³-hybridized carbons (Fsp3) is 0.588. The van der Waals surface area contributed by atoms with Gasteiger partial charge in [-0.2, -0.15) is 0 Å². The van der Waals surface area contributed by atoms with Gasteiger partial charge >= 0.3 is 0 Å². The van der Waals surface area contributed by atoms with E-state index < -0.39 is 16.1 Å². The average Bonchev–Trinajstić information content (AvgIpc) is 2.55. The van der Waals surface area contributed by atoms with Crippen molar-refractivity contribution in [2.24, 2.45) is 0 Å². The molecule has 6 nitrogen and oxygen atoms in total. The first-order chi connectivity index (χ1) is 11.3. The SMILES string of the molecule is CCOc1ccc(N([C@@H](C)C(=O)N2CCCCC2)S(C)(=O)=O)cc1. The number of carbonyl (C=O) groups excluding carboxylic acids is 1. The summed E-state index contributed by atoms with van der Waals surface area (Å²) in [6.07, 6.45) is 4.19. The molecular formula is C17H26N2O4S. The van der Waals surface area contributed by atoms with Gasteiger partial charge in [0.25, 0.3) is 0 Å². The van der Waals surface area contributed by atoms with Crippen molar-refractivity contribution < 1.29 is 17.9 Å².